The number of rotatable bonds is 4. The van der Waals surface area contributed by atoms with Crippen LogP contribution in [0.15, 0.2) is 23.2 Å². The summed E-state index contributed by atoms with van der Waals surface area (Å²) in [4.78, 5) is 4.00. The maximum absolute atomic E-state index is 11.9. The third-order valence-corrected chi connectivity index (χ3v) is 3.38. The lowest BCUT2D eigenvalue weighted by Crippen LogP contribution is -2.32. The molecule has 6 nitrogen and oxygen atoms in total. The van der Waals surface area contributed by atoms with Crippen LogP contribution in [0.4, 0.5) is 5.82 Å². The van der Waals surface area contributed by atoms with Gasteiger partial charge in [-0.25, -0.2) is 24.0 Å². The molecule has 0 amide bonds. The molecule has 96 valence electrons. The highest BCUT2D eigenvalue weighted by molar-refractivity contribution is 7.89. The van der Waals surface area contributed by atoms with E-state index in [1.807, 2.05) is 20.8 Å². The summed E-state index contributed by atoms with van der Waals surface area (Å²) in [5, 5.41) is 0. The third-order valence-electron chi connectivity index (χ3n) is 1.98. The van der Waals surface area contributed by atoms with E-state index in [0.29, 0.717) is 12.4 Å². The van der Waals surface area contributed by atoms with Crippen molar-refractivity contribution in [3.8, 4) is 0 Å². The first-order valence-electron chi connectivity index (χ1n) is 5.17. The maximum Gasteiger partial charge on any atom is 0.240 e. The molecule has 0 aliphatic heterocycles. The number of anilines is 1. The smallest absolute Gasteiger partial charge is 0.240 e. The standard InChI is InChI=1S/C10H18N4O2S/c1-10(2,3)7-13-17(15,16)8-4-5-12-9(6-8)14-11/h4-6,13H,7,11H2,1-3H3,(H,12,14). The van der Waals surface area contributed by atoms with Crippen LogP contribution in [0.25, 0.3) is 0 Å². The van der Waals surface area contributed by atoms with Gasteiger partial charge in [-0.15, -0.1) is 0 Å². The Morgan fingerprint density at radius 1 is 1.41 bits per heavy atom. The van der Waals surface area contributed by atoms with Gasteiger partial charge in [-0.1, -0.05) is 20.8 Å². The minimum Gasteiger partial charge on any atom is -0.308 e. The van der Waals surface area contributed by atoms with Gasteiger partial charge in [0.2, 0.25) is 10.0 Å². The molecule has 0 unspecified atom stereocenters. The average molecular weight is 258 g/mol. The molecular formula is C10H18N4O2S. The fourth-order valence-electron chi connectivity index (χ4n) is 1.05. The van der Waals surface area contributed by atoms with Crippen molar-refractivity contribution in [2.45, 2.75) is 25.7 Å². The molecule has 17 heavy (non-hydrogen) atoms. The number of nitrogens with zero attached hydrogens (tertiary/aromatic N) is 1. The number of aromatic nitrogens is 1. The van der Waals surface area contributed by atoms with Crippen LogP contribution in [0.1, 0.15) is 20.8 Å². The van der Waals surface area contributed by atoms with Crippen LogP contribution < -0.4 is 16.0 Å². The maximum atomic E-state index is 11.9. The second kappa shape index (κ2) is 4.99. The summed E-state index contributed by atoms with van der Waals surface area (Å²) >= 11 is 0. The van der Waals surface area contributed by atoms with E-state index < -0.39 is 10.0 Å². The Balaban J connectivity index is 2.89. The molecule has 0 saturated carbocycles. The summed E-state index contributed by atoms with van der Waals surface area (Å²) < 4.78 is 26.4. The van der Waals surface area contributed by atoms with E-state index >= 15 is 0 Å². The average Bonchev–Trinajstić information content (AvgIpc) is 2.26. The van der Waals surface area contributed by atoms with E-state index in [4.69, 9.17) is 5.84 Å². The number of nitrogen functional groups attached to an aromatic ring is 1. The van der Waals surface area contributed by atoms with Gasteiger partial charge in [0.05, 0.1) is 4.90 Å². The normalized spacial score (nSPS) is 12.5. The van der Waals surface area contributed by atoms with Crippen molar-refractivity contribution in [2.75, 3.05) is 12.0 Å². The number of hydrogen-bond donors (Lipinski definition) is 3. The van der Waals surface area contributed by atoms with Gasteiger partial charge in [-0.2, -0.15) is 0 Å². The van der Waals surface area contributed by atoms with Crippen LogP contribution in [-0.2, 0) is 10.0 Å². The zero-order valence-electron chi connectivity index (χ0n) is 10.2. The summed E-state index contributed by atoms with van der Waals surface area (Å²) in [7, 11) is -3.51. The number of hydrazine groups is 1. The molecular weight excluding hydrogens is 240 g/mol. The first-order valence-corrected chi connectivity index (χ1v) is 6.65. The molecule has 0 aromatic carbocycles. The van der Waals surface area contributed by atoms with Gasteiger partial charge in [0, 0.05) is 18.8 Å². The molecule has 0 aliphatic carbocycles. The highest BCUT2D eigenvalue weighted by Crippen LogP contribution is 2.15. The highest BCUT2D eigenvalue weighted by atomic mass is 32.2. The molecule has 0 atom stereocenters. The summed E-state index contributed by atoms with van der Waals surface area (Å²) in [5.41, 5.74) is 2.19. The van der Waals surface area contributed by atoms with Gasteiger partial charge < -0.3 is 5.43 Å². The molecule has 4 N–H and O–H groups in total. The van der Waals surface area contributed by atoms with Crippen molar-refractivity contribution in [1.82, 2.24) is 9.71 Å². The van der Waals surface area contributed by atoms with Crippen LogP contribution in [0.2, 0.25) is 0 Å². The molecule has 1 heterocycles. The van der Waals surface area contributed by atoms with E-state index in [2.05, 4.69) is 15.1 Å². The van der Waals surface area contributed by atoms with Gasteiger partial charge in [-0.05, 0) is 11.5 Å². The molecule has 1 rings (SSSR count). The fourth-order valence-corrected chi connectivity index (χ4v) is 2.35. The minimum atomic E-state index is -3.51. The topological polar surface area (TPSA) is 97.1 Å². The van der Waals surface area contributed by atoms with Crippen molar-refractivity contribution in [1.29, 1.82) is 0 Å². The molecule has 0 bridgehead atoms. The number of nitrogens with one attached hydrogen (secondary N) is 2. The number of hydrogen-bond acceptors (Lipinski definition) is 5. The number of pyridine rings is 1. The van der Waals surface area contributed by atoms with Crippen LogP contribution in [0.5, 0.6) is 0 Å². The predicted octanol–water partition coefficient (Wildman–Crippen LogP) is 0.692. The van der Waals surface area contributed by atoms with Crippen molar-refractivity contribution in [3.05, 3.63) is 18.3 Å². The van der Waals surface area contributed by atoms with E-state index in [1.165, 1.54) is 18.3 Å². The molecule has 1 aromatic rings. The van der Waals surface area contributed by atoms with E-state index in [-0.39, 0.29) is 10.3 Å². The van der Waals surface area contributed by atoms with Crippen molar-refractivity contribution < 1.29 is 8.42 Å². The third kappa shape index (κ3) is 4.29. The molecule has 0 fully saturated rings. The quantitative estimate of drug-likeness (QED) is 0.545. The molecule has 0 spiro atoms. The zero-order valence-corrected chi connectivity index (χ0v) is 11.0. The molecule has 0 radical (unpaired) electrons. The summed E-state index contributed by atoms with van der Waals surface area (Å²) in [6.07, 6.45) is 1.39. The molecule has 0 saturated heterocycles. The second-order valence-corrected chi connectivity index (χ2v) is 6.67. The first kappa shape index (κ1) is 13.9. The number of nitrogens with two attached hydrogens (primary N) is 1. The van der Waals surface area contributed by atoms with E-state index in [0.717, 1.165) is 0 Å². The lowest BCUT2D eigenvalue weighted by Gasteiger charge is -2.18. The van der Waals surface area contributed by atoms with Gasteiger partial charge in [0.25, 0.3) is 0 Å². The first-order chi connectivity index (χ1) is 7.74. The van der Waals surface area contributed by atoms with Gasteiger partial charge >= 0.3 is 0 Å². The Morgan fingerprint density at radius 2 is 2.06 bits per heavy atom. The molecule has 1 aromatic heterocycles. The lowest BCUT2D eigenvalue weighted by atomic mass is 9.98. The Hall–Kier alpha value is -1.18. The van der Waals surface area contributed by atoms with Crippen molar-refractivity contribution in [2.24, 2.45) is 11.3 Å². The monoisotopic (exact) mass is 258 g/mol. The number of sulfonamides is 1. The molecule has 7 heteroatoms. The SMILES string of the molecule is CC(C)(C)CNS(=O)(=O)c1ccnc(NN)c1. The van der Waals surface area contributed by atoms with Crippen LogP contribution in [-0.4, -0.2) is 19.9 Å². The Labute approximate surface area is 102 Å². The van der Waals surface area contributed by atoms with Crippen molar-refractivity contribution in [3.63, 3.8) is 0 Å². The summed E-state index contributed by atoms with van der Waals surface area (Å²) in [6.45, 7) is 6.22. The van der Waals surface area contributed by atoms with Crippen LogP contribution in [0.3, 0.4) is 0 Å². The Kier molecular flexibility index (Phi) is 4.07. The van der Waals surface area contributed by atoms with Crippen LogP contribution in [0, 0.1) is 5.41 Å². The van der Waals surface area contributed by atoms with E-state index in [1.54, 1.807) is 0 Å². The minimum absolute atomic E-state index is 0.116. The van der Waals surface area contributed by atoms with E-state index in [9.17, 15) is 8.42 Å². The van der Waals surface area contributed by atoms with Crippen molar-refractivity contribution >= 4 is 15.8 Å². The summed E-state index contributed by atoms with van der Waals surface area (Å²) in [5.74, 6) is 5.49. The lowest BCUT2D eigenvalue weighted by molar-refractivity contribution is 0.407. The predicted molar refractivity (Wildman–Crippen MR) is 66.7 cm³/mol. The Morgan fingerprint density at radius 3 is 2.59 bits per heavy atom. The van der Waals surface area contributed by atoms with Gasteiger partial charge in [0.1, 0.15) is 5.82 Å². The van der Waals surface area contributed by atoms with Gasteiger partial charge in [0.15, 0.2) is 0 Å². The second-order valence-electron chi connectivity index (χ2n) is 4.91. The highest BCUT2D eigenvalue weighted by Gasteiger charge is 2.18. The van der Waals surface area contributed by atoms with Gasteiger partial charge in [-0.3, -0.25) is 0 Å². The largest absolute Gasteiger partial charge is 0.308 e. The Bertz CT molecular complexity index is 479. The zero-order chi connectivity index (χ0) is 13.1. The van der Waals surface area contributed by atoms with Crippen LogP contribution >= 0.6 is 0 Å². The molecule has 0 aliphatic rings. The summed E-state index contributed by atoms with van der Waals surface area (Å²) in [6, 6.07) is 2.80. The fraction of sp³-hybridized carbons (Fsp3) is 0.500.